The van der Waals surface area contributed by atoms with Crippen molar-refractivity contribution in [3.63, 3.8) is 0 Å². The summed E-state index contributed by atoms with van der Waals surface area (Å²) in [6, 6.07) is 12.0. The molecule has 0 radical (unpaired) electrons. The van der Waals surface area contributed by atoms with Crippen LogP contribution >= 0.6 is 0 Å². The van der Waals surface area contributed by atoms with Crippen molar-refractivity contribution in [1.82, 2.24) is 0 Å². The molecule has 4 nitrogen and oxygen atoms in total. The Bertz CT molecular complexity index is 589. The van der Waals surface area contributed by atoms with Crippen LogP contribution in [0.1, 0.15) is 0 Å². The highest BCUT2D eigenvalue weighted by atomic mass is 32.3. The third-order valence-electron chi connectivity index (χ3n) is 1.92. The smallest absolute Gasteiger partial charge is 0.262 e. The maximum atomic E-state index is 10.4. The van der Waals surface area contributed by atoms with E-state index in [9.17, 15) is 13.0 Å². The van der Waals surface area contributed by atoms with Gasteiger partial charge in [-0.15, -0.1) is 0 Å². The van der Waals surface area contributed by atoms with Gasteiger partial charge in [0, 0.05) is 0 Å². The minimum atomic E-state index is -4.70. The van der Waals surface area contributed by atoms with Crippen molar-refractivity contribution < 1.29 is 17.2 Å². The zero-order valence-corrected chi connectivity index (χ0v) is 8.40. The van der Waals surface area contributed by atoms with Crippen LogP contribution in [0.4, 0.5) is 0 Å². The molecule has 0 saturated carbocycles. The van der Waals surface area contributed by atoms with E-state index in [1.54, 1.807) is 12.1 Å². The first kappa shape index (κ1) is 9.95. The summed E-state index contributed by atoms with van der Waals surface area (Å²) in [5.41, 5.74) is 0. The molecule has 2 aromatic rings. The Labute approximate surface area is 87.1 Å². The SMILES string of the molecule is O=S(=O)([O-])Oc1ccc2ccccc2c1. The molecule has 0 aliphatic rings. The van der Waals surface area contributed by atoms with Crippen LogP contribution in [-0.2, 0) is 10.4 Å². The summed E-state index contributed by atoms with van der Waals surface area (Å²) in [6.07, 6.45) is 0. The van der Waals surface area contributed by atoms with Crippen LogP contribution in [0.2, 0.25) is 0 Å². The van der Waals surface area contributed by atoms with Gasteiger partial charge in [-0.2, -0.15) is 0 Å². The fourth-order valence-corrected chi connectivity index (χ4v) is 1.68. The molecule has 0 amide bonds. The molecule has 0 heterocycles. The topological polar surface area (TPSA) is 66.4 Å². The van der Waals surface area contributed by atoms with Gasteiger partial charge in [0.05, 0.1) is 0 Å². The van der Waals surface area contributed by atoms with Gasteiger partial charge >= 0.3 is 0 Å². The molecule has 0 aromatic heterocycles. The van der Waals surface area contributed by atoms with E-state index in [1.807, 2.05) is 18.2 Å². The Hall–Kier alpha value is -1.59. The number of rotatable bonds is 2. The predicted molar refractivity (Wildman–Crippen MR) is 54.3 cm³/mol. The van der Waals surface area contributed by atoms with E-state index in [2.05, 4.69) is 4.18 Å². The van der Waals surface area contributed by atoms with Gasteiger partial charge in [0.2, 0.25) is 0 Å². The summed E-state index contributed by atoms with van der Waals surface area (Å²) in [5.74, 6) is 0.0312. The second-order valence-corrected chi connectivity index (χ2v) is 3.98. The van der Waals surface area contributed by atoms with Crippen LogP contribution in [-0.4, -0.2) is 13.0 Å². The Morgan fingerprint density at radius 2 is 1.67 bits per heavy atom. The third kappa shape index (κ3) is 2.45. The highest BCUT2D eigenvalue weighted by molar-refractivity contribution is 7.81. The summed E-state index contributed by atoms with van der Waals surface area (Å²) >= 11 is 0. The van der Waals surface area contributed by atoms with Crippen molar-refractivity contribution in [3.05, 3.63) is 42.5 Å². The van der Waals surface area contributed by atoms with Crippen LogP contribution in [0.15, 0.2) is 42.5 Å². The fraction of sp³-hybridized carbons (Fsp3) is 0. The van der Waals surface area contributed by atoms with Gasteiger partial charge in [0.25, 0.3) is 10.4 Å². The van der Waals surface area contributed by atoms with Crippen molar-refractivity contribution >= 4 is 21.2 Å². The van der Waals surface area contributed by atoms with Crippen molar-refractivity contribution in [3.8, 4) is 5.75 Å². The summed E-state index contributed by atoms with van der Waals surface area (Å²) in [5, 5.41) is 1.77. The second kappa shape index (κ2) is 3.52. The minimum Gasteiger partial charge on any atom is -0.716 e. The molecular formula is C10H7O4S-. The van der Waals surface area contributed by atoms with Crippen molar-refractivity contribution in [1.29, 1.82) is 0 Å². The van der Waals surface area contributed by atoms with Gasteiger partial charge in [-0.1, -0.05) is 30.3 Å². The highest BCUT2D eigenvalue weighted by Crippen LogP contribution is 2.21. The van der Waals surface area contributed by atoms with Crippen LogP contribution in [0.5, 0.6) is 5.75 Å². The number of fused-ring (bicyclic) bond motifs is 1. The molecule has 2 aromatic carbocycles. The molecule has 0 spiro atoms. The third-order valence-corrected chi connectivity index (χ3v) is 2.32. The quantitative estimate of drug-likeness (QED) is 0.573. The van der Waals surface area contributed by atoms with Gasteiger partial charge in [-0.25, -0.2) is 8.42 Å². The van der Waals surface area contributed by atoms with E-state index >= 15 is 0 Å². The van der Waals surface area contributed by atoms with E-state index in [0.29, 0.717) is 0 Å². The van der Waals surface area contributed by atoms with Gasteiger partial charge in [0.15, 0.2) is 0 Å². The van der Waals surface area contributed by atoms with Crippen LogP contribution in [0.25, 0.3) is 10.8 Å². The average Bonchev–Trinajstić information content (AvgIpc) is 2.15. The van der Waals surface area contributed by atoms with Crippen molar-refractivity contribution in [2.75, 3.05) is 0 Å². The second-order valence-electron chi connectivity index (χ2n) is 3.00. The lowest BCUT2D eigenvalue weighted by atomic mass is 10.1. The minimum absolute atomic E-state index is 0.0312. The zero-order valence-electron chi connectivity index (χ0n) is 7.58. The molecule has 0 fully saturated rings. The van der Waals surface area contributed by atoms with Gasteiger partial charge in [0.1, 0.15) is 5.75 Å². The molecule has 0 N–H and O–H groups in total. The molecule has 0 atom stereocenters. The van der Waals surface area contributed by atoms with Crippen molar-refractivity contribution in [2.45, 2.75) is 0 Å². The Balaban J connectivity index is 2.48. The molecule has 5 heteroatoms. The van der Waals surface area contributed by atoms with E-state index in [-0.39, 0.29) is 5.75 Å². The molecule has 0 saturated heterocycles. The first-order chi connectivity index (χ1) is 7.04. The molecule has 15 heavy (non-hydrogen) atoms. The lowest BCUT2D eigenvalue weighted by Crippen LogP contribution is -2.06. The molecular weight excluding hydrogens is 216 g/mol. The molecule has 2 rings (SSSR count). The standard InChI is InChI=1S/C10H8O4S/c11-15(12,13)14-10-6-5-8-3-1-2-4-9(8)7-10/h1-7H,(H,11,12,13)/p-1. The van der Waals surface area contributed by atoms with E-state index < -0.39 is 10.4 Å². The zero-order chi connectivity index (χ0) is 10.9. The van der Waals surface area contributed by atoms with Gasteiger partial charge < -0.3 is 8.74 Å². The number of hydrogen-bond donors (Lipinski definition) is 0. The lowest BCUT2D eigenvalue weighted by Gasteiger charge is -2.09. The van der Waals surface area contributed by atoms with E-state index in [1.165, 1.54) is 12.1 Å². The Morgan fingerprint density at radius 3 is 2.33 bits per heavy atom. The molecule has 78 valence electrons. The fourth-order valence-electron chi connectivity index (χ4n) is 1.34. The van der Waals surface area contributed by atoms with Crippen molar-refractivity contribution in [2.24, 2.45) is 0 Å². The summed E-state index contributed by atoms with van der Waals surface area (Å²) in [4.78, 5) is 0. The number of hydrogen-bond acceptors (Lipinski definition) is 4. The largest absolute Gasteiger partial charge is 0.716 e. The first-order valence-electron chi connectivity index (χ1n) is 4.19. The van der Waals surface area contributed by atoms with E-state index in [0.717, 1.165) is 10.8 Å². The van der Waals surface area contributed by atoms with E-state index in [4.69, 9.17) is 0 Å². The van der Waals surface area contributed by atoms with Gasteiger partial charge in [-0.05, 0) is 22.9 Å². The lowest BCUT2D eigenvalue weighted by molar-refractivity contribution is 0.372. The maximum absolute atomic E-state index is 10.4. The molecule has 0 unspecified atom stereocenters. The van der Waals surface area contributed by atoms with Gasteiger partial charge in [-0.3, -0.25) is 0 Å². The highest BCUT2D eigenvalue weighted by Gasteiger charge is 2.00. The number of benzene rings is 2. The normalized spacial score (nSPS) is 11.5. The summed E-state index contributed by atoms with van der Waals surface area (Å²) in [7, 11) is -4.70. The monoisotopic (exact) mass is 223 g/mol. The van der Waals surface area contributed by atoms with Crippen LogP contribution in [0, 0.1) is 0 Å². The Kier molecular flexibility index (Phi) is 2.34. The Morgan fingerprint density at radius 1 is 1.00 bits per heavy atom. The average molecular weight is 223 g/mol. The predicted octanol–water partition coefficient (Wildman–Crippen LogP) is 1.68. The molecule has 0 aliphatic carbocycles. The molecule has 0 bridgehead atoms. The maximum Gasteiger partial charge on any atom is 0.262 e. The summed E-state index contributed by atoms with van der Waals surface area (Å²) < 4.78 is 35.3. The van der Waals surface area contributed by atoms with Crippen LogP contribution < -0.4 is 4.18 Å². The molecule has 0 aliphatic heterocycles. The first-order valence-corrected chi connectivity index (χ1v) is 5.52. The summed E-state index contributed by atoms with van der Waals surface area (Å²) in [6.45, 7) is 0. The van der Waals surface area contributed by atoms with Crippen LogP contribution in [0.3, 0.4) is 0 Å².